The van der Waals surface area contributed by atoms with Gasteiger partial charge in [-0.2, -0.15) is 0 Å². The van der Waals surface area contributed by atoms with Gasteiger partial charge in [-0.05, 0) is 24.3 Å². The third-order valence-corrected chi connectivity index (χ3v) is 3.51. The number of amides is 1. The Bertz CT molecular complexity index is 630. The number of hydrogen-bond donors (Lipinski definition) is 0. The lowest BCUT2D eigenvalue weighted by atomic mass is 10.3. The Morgan fingerprint density at radius 1 is 0.917 bits per heavy atom. The zero-order valence-corrected chi connectivity index (χ0v) is 14.1. The molecule has 2 rings (SSSR count). The fraction of sp³-hybridized carbons (Fsp3) is 0.316. The molecular formula is C19H23NO4. The van der Waals surface area contributed by atoms with E-state index in [1.165, 1.54) is 0 Å². The maximum absolute atomic E-state index is 12.1. The average molecular weight is 329 g/mol. The summed E-state index contributed by atoms with van der Waals surface area (Å²) in [4.78, 5) is 13.7. The number of ether oxygens (including phenoxy) is 3. The molecule has 0 saturated carbocycles. The maximum Gasteiger partial charge on any atom is 0.225 e. The van der Waals surface area contributed by atoms with E-state index in [-0.39, 0.29) is 5.91 Å². The molecule has 128 valence electrons. The SMILES string of the molecule is COc1ccccc1OCCC(=O)N(C)CCOc1ccccc1. The predicted molar refractivity (Wildman–Crippen MR) is 92.7 cm³/mol. The first-order chi connectivity index (χ1) is 11.7. The van der Waals surface area contributed by atoms with E-state index in [2.05, 4.69) is 0 Å². The van der Waals surface area contributed by atoms with Crippen LogP contribution in [0.2, 0.25) is 0 Å². The summed E-state index contributed by atoms with van der Waals surface area (Å²) in [5.41, 5.74) is 0. The lowest BCUT2D eigenvalue weighted by molar-refractivity contribution is -0.130. The first-order valence-corrected chi connectivity index (χ1v) is 7.88. The van der Waals surface area contributed by atoms with Crippen molar-refractivity contribution in [3.63, 3.8) is 0 Å². The van der Waals surface area contributed by atoms with Gasteiger partial charge in [0.15, 0.2) is 11.5 Å². The van der Waals surface area contributed by atoms with Crippen molar-refractivity contribution in [2.75, 3.05) is 33.9 Å². The minimum Gasteiger partial charge on any atom is -0.493 e. The molecule has 0 aliphatic heterocycles. The molecule has 0 atom stereocenters. The van der Waals surface area contributed by atoms with Gasteiger partial charge in [-0.3, -0.25) is 4.79 Å². The number of carbonyl (C=O) groups is 1. The molecule has 5 nitrogen and oxygen atoms in total. The molecule has 0 spiro atoms. The number of rotatable bonds is 9. The van der Waals surface area contributed by atoms with E-state index in [1.54, 1.807) is 19.1 Å². The molecule has 0 aromatic heterocycles. The van der Waals surface area contributed by atoms with Crippen LogP contribution in [0.4, 0.5) is 0 Å². The van der Waals surface area contributed by atoms with Crippen LogP contribution in [0.15, 0.2) is 54.6 Å². The van der Waals surface area contributed by atoms with E-state index >= 15 is 0 Å². The Kier molecular flexibility index (Phi) is 6.95. The second-order valence-electron chi connectivity index (χ2n) is 5.23. The minimum atomic E-state index is 0.0153. The fourth-order valence-corrected chi connectivity index (χ4v) is 2.12. The average Bonchev–Trinajstić information content (AvgIpc) is 2.62. The molecular weight excluding hydrogens is 306 g/mol. The van der Waals surface area contributed by atoms with Gasteiger partial charge >= 0.3 is 0 Å². The van der Waals surface area contributed by atoms with Gasteiger partial charge in [-0.1, -0.05) is 30.3 Å². The second kappa shape index (κ2) is 9.45. The molecule has 0 aliphatic rings. The van der Waals surface area contributed by atoms with Crippen LogP contribution >= 0.6 is 0 Å². The summed E-state index contributed by atoms with van der Waals surface area (Å²) in [7, 11) is 3.35. The van der Waals surface area contributed by atoms with Gasteiger partial charge in [0.1, 0.15) is 12.4 Å². The van der Waals surface area contributed by atoms with Gasteiger partial charge in [-0.15, -0.1) is 0 Å². The number of carbonyl (C=O) groups excluding carboxylic acids is 1. The van der Waals surface area contributed by atoms with E-state index in [9.17, 15) is 4.79 Å². The van der Waals surface area contributed by atoms with Crippen molar-refractivity contribution in [3.05, 3.63) is 54.6 Å². The molecule has 0 heterocycles. The highest BCUT2D eigenvalue weighted by Crippen LogP contribution is 2.25. The predicted octanol–water partition coefficient (Wildman–Crippen LogP) is 3.00. The topological polar surface area (TPSA) is 48.0 Å². The highest BCUT2D eigenvalue weighted by molar-refractivity contribution is 5.76. The molecule has 2 aromatic carbocycles. The van der Waals surface area contributed by atoms with Gasteiger partial charge in [0.25, 0.3) is 0 Å². The van der Waals surface area contributed by atoms with Crippen LogP contribution in [0, 0.1) is 0 Å². The molecule has 0 aliphatic carbocycles. The third kappa shape index (κ3) is 5.50. The van der Waals surface area contributed by atoms with Gasteiger partial charge < -0.3 is 19.1 Å². The summed E-state index contributed by atoms with van der Waals surface area (Å²) < 4.78 is 16.4. The fourth-order valence-electron chi connectivity index (χ4n) is 2.12. The summed E-state index contributed by atoms with van der Waals surface area (Å²) in [5.74, 6) is 2.12. The Morgan fingerprint density at radius 2 is 1.58 bits per heavy atom. The minimum absolute atomic E-state index is 0.0153. The molecule has 0 saturated heterocycles. The van der Waals surface area contributed by atoms with E-state index in [0.29, 0.717) is 37.7 Å². The van der Waals surface area contributed by atoms with E-state index < -0.39 is 0 Å². The van der Waals surface area contributed by atoms with E-state index in [4.69, 9.17) is 14.2 Å². The summed E-state index contributed by atoms with van der Waals surface area (Å²) >= 11 is 0. The normalized spacial score (nSPS) is 10.1. The lowest BCUT2D eigenvalue weighted by Gasteiger charge is -2.18. The zero-order valence-electron chi connectivity index (χ0n) is 14.1. The number of benzene rings is 2. The standard InChI is InChI=1S/C19H23NO4/c1-20(13-15-23-16-8-4-3-5-9-16)19(21)12-14-24-18-11-7-6-10-17(18)22-2/h3-11H,12-15H2,1-2H3. The summed E-state index contributed by atoms with van der Waals surface area (Å²) in [5, 5.41) is 0. The Hall–Kier alpha value is -2.69. The molecule has 1 amide bonds. The molecule has 0 radical (unpaired) electrons. The Morgan fingerprint density at radius 3 is 2.29 bits per heavy atom. The largest absolute Gasteiger partial charge is 0.493 e. The highest BCUT2D eigenvalue weighted by atomic mass is 16.5. The van der Waals surface area contributed by atoms with Crippen LogP contribution in [-0.2, 0) is 4.79 Å². The van der Waals surface area contributed by atoms with Crippen LogP contribution < -0.4 is 14.2 Å². The van der Waals surface area contributed by atoms with Crippen molar-refractivity contribution in [2.45, 2.75) is 6.42 Å². The number of nitrogens with zero attached hydrogens (tertiary/aromatic N) is 1. The van der Waals surface area contributed by atoms with Gasteiger partial charge in [0.05, 0.1) is 26.7 Å². The first kappa shape index (κ1) is 17.7. The Balaban J connectivity index is 1.68. The molecule has 0 unspecified atom stereocenters. The van der Waals surface area contributed by atoms with Crippen molar-refractivity contribution in [1.29, 1.82) is 0 Å². The highest BCUT2D eigenvalue weighted by Gasteiger charge is 2.10. The van der Waals surface area contributed by atoms with Gasteiger partial charge in [-0.25, -0.2) is 0 Å². The van der Waals surface area contributed by atoms with E-state index in [1.807, 2.05) is 54.6 Å². The number of likely N-dealkylation sites (N-methyl/N-ethyl adjacent to an activating group) is 1. The van der Waals surface area contributed by atoms with Crippen molar-refractivity contribution < 1.29 is 19.0 Å². The van der Waals surface area contributed by atoms with Crippen LogP contribution in [0.1, 0.15) is 6.42 Å². The summed E-state index contributed by atoms with van der Waals surface area (Å²) in [6.45, 7) is 1.30. The van der Waals surface area contributed by atoms with Crippen molar-refractivity contribution in [1.82, 2.24) is 4.90 Å². The van der Waals surface area contributed by atoms with E-state index in [0.717, 1.165) is 5.75 Å². The third-order valence-electron chi connectivity index (χ3n) is 3.51. The molecule has 0 bridgehead atoms. The quantitative estimate of drug-likeness (QED) is 0.709. The number of hydrogen-bond acceptors (Lipinski definition) is 4. The summed E-state index contributed by atoms with van der Waals surface area (Å²) in [6.07, 6.45) is 0.305. The van der Waals surface area contributed by atoms with Crippen molar-refractivity contribution >= 4 is 5.91 Å². The van der Waals surface area contributed by atoms with Crippen LogP contribution in [0.25, 0.3) is 0 Å². The zero-order chi connectivity index (χ0) is 17.2. The molecule has 2 aromatic rings. The van der Waals surface area contributed by atoms with Gasteiger partial charge in [0, 0.05) is 7.05 Å². The number of methoxy groups -OCH3 is 1. The molecule has 0 fully saturated rings. The monoisotopic (exact) mass is 329 g/mol. The molecule has 0 N–H and O–H groups in total. The Labute approximate surface area is 142 Å². The smallest absolute Gasteiger partial charge is 0.225 e. The number of para-hydroxylation sites is 3. The van der Waals surface area contributed by atoms with Gasteiger partial charge in [0.2, 0.25) is 5.91 Å². The maximum atomic E-state index is 12.1. The molecule has 24 heavy (non-hydrogen) atoms. The van der Waals surface area contributed by atoms with Crippen LogP contribution in [-0.4, -0.2) is 44.7 Å². The first-order valence-electron chi connectivity index (χ1n) is 7.88. The molecule has 5 heteroatoms. The van der Waals surface area contributed by atoms with Crippen LogP contribution in [0.5, 0.6) is 17.2 Å². The lowest BCUT2D eigenvalue weighted by Crippen LogP contribution is -2.31. The second-order valence-corrected chi connectivity index (χ2v) is 5.23. The van der Waals surface area contributed by atoms with Crippen molar-refractivity contribution in [3.8, 4) is 17.2 Å². The summed E-state index contributed by atoms with van der Waals surface area (Å²) in [6, 6.07) is 16.9. The van der Waals surface area contributed by atoms with Crippen LogP contribution in [0.3, 0.4) is 0 Å². The van der Waals surface area contributed by atoms with Crippen molar-refractivity contribution in [2.24, 2.45) is 0 Å².